The van der Waals surface area contributed by atoms with Crippen LogP contribution in [0.25, 0.3) is 0 Å². The van der Waals surface area contributed by atoms with Crippen molar-refractivity contribution in [3.05, 3.63) is 65.2 Å². The minimum Gasteiger partial charge on any atom is -0.341 e. The molecule has 0 radical (unpaired) electrons. The molecule has 1 saturated heterocycles. The topological polar surface area (TPSA) is 105 Å². The number of nitrogens with two attached hydrogens (primary N) is 1. The Hall–Kier alpha value is -2.71. The maximum Gasteiger partial charge on any atom is 0.241 e. The summed E-state index contributed by atoms with van der Waals surface area (Å²) in [6, 6.07) is 13.1. The predicted octanol–water partition coefficient (Wildman–Crippen LogP) is 2.19. The van der Waals surface area contributed by atoms with Crippen LogP contribution in [-0.4, -0.2) is 44.6 Å². The second-order valence-corrected chi connectivity index (χ2v) is 9.31. The van der Waals surface area contributed by atoms with Crippen molar-refractivity contribution in [2.45, 2.75) is 43.5 Å². The van der Waals surface area contributed by atoms with Gasteiger partial charge in [0.15, 0.2) is 0 Å². The number of hydrogen-bond acceptors (Lipinski definition) is 5. The quantitative estimate of drug-likeness (QED) is 0.401. The zero-order valence-corrected chi connectivity index (χ0v) is 17.9. The van der Waals surface area contributed by atoms with E-state index in [1.165, 1.54) is 6.21 Å². The highest BCUT2D eigenvalue weighted by Crippen LogP contribution is 2.16. The van der Waals surface area contributed by atoms with E-state index in [9.17, 15) is 13.2 Å². The van der Waals surface area contributed by atoms with Crippen molar-refractivity contribution in [3.8, 4) is 0 Å². The fourth-order valence-electron chi connectivity index (χ4n) is 3.55. The zero-order valence-electron chi connectivity index (χ0n) is 17.1. The number of sulfonamides is 1. The van der Waals surface area contributed by atoms with Gasteiger partial charge >= 0.3 is 0 Å². The van der Waals surface area contributed by atoms with E-state index in [4.69, 9.17) is 5.84 Å². The number of nitrogens with zero attached hydrogens (tertiary/aromatic N) is 2. The number of hydrogen-bond donors (Lipinski definition) is 2. The number of carbonyl (C=O) groups excluding carboxylic acids is 1. The average Bonchev–Trinajstić information content (AvgIpc) is 2.75. The largest absolute Gasteiger partial charge is 0.341 e. The molecule has 0 aliphatic carbocycles. The Morgan fingerprint density at radius 2 is 1.73 bits per heavy atom. The normalized spacial score (nSPS) is 16.0. The van der Waals surface area contributed by atoms with Crippen molar-refractivity contribution >= 4 is 22.1 Å². The molecule has 1 unspecified atom stereocenters. The summed E-state index contributed by atoms with van der Waals surface area (Å²) < 4.78 is 28.6. The standard InChI is InChI=1S/C22H28N4O3S/c1-17-5-11-20(12-6-17)30(28,29)25-21(22(27)26-13-3-2-4-14-26)15-18-7-9-19(10-8-18)16-24-23/h5-12,16,21,25H,2-4,13-15,23H2,1H3. The van der Waals surface area contributed by atoms with Crippen molar-refractivity contribution in [1.29, 1.82) is 0 Å². The van der Waals surface area contributed by atoms with E-state index < -0.39 is 16.1 Å². The lowest BCUT2D eigenvalue weighted by atomic mass is 10.0. The van der Waals surface area contributed by atoms with E-state index >= 15 is 0 Å². The van der Waals surface area contributed by atoms with Crippen LogP contribution in [0.1, 0.15) is 36.0 Å². The minimum atomic E-state index is -3.83. The second kappa shape index (κ2) is 9.86. The lowest BCUT2D eigenvalue weighted by Crippen LogP contribution is -2.50. The maximum atomic E-state index is 13.2. The number of hydrazone groups is 1. The molecule has 7 nitrogen and oxygen atoms in total. The Balaban J connectivity index is 1.84. The fourth-order valence-corrected chi connectivity index (χ4v) is 4.74. The molecule has 3 rings (SSSR count). The molecule has 1 atom stereocenters. The van der Waals surface area contributed by atoms with Crippen LogP contribution in [0, 0.1) is 6.92 Å². The lowest BCUT2D eigenvalue weighted by molar-refractivity contribution is -0.133. The molecule has 1 aliphatic rings. The van der Waals surface area contributed by atoms with Gasteiger partial charge in [-0.05, 0) is 55.9 Å². The van der Waals surface area contributed by atoms with Gasteiger partial charge in [-0.2, -0.15) is 9.82 Å². The Morgan fingerprint density at radius 3 is 2.33 bits per heavy atom. The molecule has 160 valence electrons. The zero-order chi connectivity index (χ0) is 21.6. The van der Waals surface area contributed by atoms with E-state index in [1.807, 2.05) is 31.2 Å². The van der Waals surface area contributed by atoms with Crippen LogP contribution in [0.2, 0.25) is 0 Å². The van der Waals surface area contributed by atoms with Crippen LogP contribution in [0.15, 0.2) is 58.5 Å². The van der Waals surface area contributed by atoms with Gasteiger partial charge in [-0.3, -0.25) is 4.79 Å². The monoisotopic (exact) mass is 428 g/mol. The summed E-state index contributed by atoms with van der Waals surface area (Å²) >= 11 is 0. The first kappa shape index (κ1) is 22.0. The summed E-state index contributed by atoms with van der Waals surface area (Å²) in [4.78, 5) is 15.1. The van der Waals surface area contributed by atoms with E-state index in [0.29, 0.717) is 13.1 Å². The highest BCUT2D eigenvalue weighted by molar-refractivity contribution is 7.89. The average molecular weight is 429 g/mol. The maximum absolute atomic E-state index is 13.2. The number of benzene rings is 2. The van der Waals surface area contributed by atoms with Crippen molar-refractivity contribution in [2.24, 2.45) is 10.9 Å². The van der Waals surface area contributed by atoms with E-state index in [-0.39, 0.29) is 17.2 Å². The minimum absolute atomic E-state index is 0.152. The van der Waals surface area contributed by atoms with Crippen LogP contribution < -0.4 is 10.6 Å². The summed E-state index contributed by atoms with van der Waals surface area (Å²) in [6.45, 7) is 3.21. The molecule has 3 N–H and O–H groups in total. The van der Waals surface area contributed by atoms with Gasteiger partial charge in [0.05, 0.1) is 11.1 Å². The molecule has 8 heteroatoms. The molecule has 0 aromatic heterocycles. The number of piperidine rings is 1. The van der Waals surface area contributed by atoms with Crippen molar-refractivity contribution in [1.82, 2.24) is 9.62 Å². The Kier molecular flexibility index (Phi) is 7.23. The number of carbonyl (C=O) groups is 1. The van der Waals surface area contributed by atoms with E-state index in [1.54, 1.807) is 29.2 Å². The highest BCUT2D eigenvalue weighted by atomic mass is 32.2. The highest BCUT2D eigenvalue weighted by Gasteiger charge is 2.30. The molecule has 1 fully saturated rings. The number of likely N-dealkylation sites (tertiary alicyclic amines) is 1. The smallest absolute Gasteiger partial charge is 0.241 e. The third kappa shape index (κ3) is 5.67. The van der Waals surface area contributed by atoms with Crippen LogP contribution in [0.4, 0.5) is 0 Å². The first-order valence-corrected chi connectivity index (χ1v) is 11.6. The SMILES string of the molecule is Cc1ccc(S(=O)(=O)NC(Cc2ccc(C=NN)cc2)C(=O)N2CCCCC2)cc1. The van der Waals surface area contributed by atoms with Crippen molar-refractivity contribution in [2.75, 3.05) is 13.1 Å². The molecule has 1 heterocycles. The first-order chi connectivity index (χ1) is 14.4. The molecule has 0 saturated carbocycles. The first-order valence-electron chi connectivity index (χ1n) is 10.1. The van der Waals surface area contributed by atoms with Gasteiger partial charge in [-0.25, -0.2) is 8.42 Å². The van der Waals surface area contributed by atoms with Crippen molar-refractivity contribution < 1.29 is 13.2 Å². The second-order valence-electron chi connectivity index (χ2n) is 7.60. The number of rotatable bonds is 7. The molecule has 0 bridgehead atoms. The van der Waals surface area contributed by atoms with Gasteiger partial charge in [-0.15, -0.1) is 0 Å². The van der Waals surface area contributed by atoms with Gasteiger partial charge in [0, 0.05) is 13.1 Å². The van der Waals surface area contributed by atoms with Gasteiger partial charge in [0.1, 0.15) is 6.04 Å². The van der Waals surface area contributed by atoms with Crippen molar-refractivity contribution in [3.63, 3.8) is 0 Å². The Labute approximate surface area is 178 Å². The molecular formula is C22H28N4O3S. The van der Waals surface area contributed by atoms with Gasteiger partial charge in [0.2, 0.25) is 15.9 Å². The molecule has 1 amide bonds. The van der Waals surface area contributed by atoms with E-state index in [2.05, 4.69) is 9.82 Å². The Morgan fingerprint density at radius 1 is 1.10 bits per heavy atom. The molecule has 2 aromatic rings. The molecule has 0 spiro atoms. The lowest BCUT2D eigenvalue weighted by Gasteiger charge is -2.30. The molecular weight excluding hydrogens is 400 g/mol. The number of nitrogens with one attached hydrogen (secondary N) is 1. The third-order valence-corrected chi connectivity index (χ3v) is 6.73. The summed E-state index contributed by atoms with van der Waals surface area (Å²) in [5, 5.41) is 3.50. The number of amides is 1. The van der Waals surface area contributed by atoms with Crippen LogP contribution in [0.5, 0.6) is 0 Å². The Bertz CT molecular complexity index is 980. The van der Waals surface area contributed by atoms with Gasteiger partial charge in [-0.1, -0.05) is 42.0 Å². The fraction of sp³-hybridized carbons (Fsp3) is 0.364. The molecule has 1 aliphatic heterocycles. The summed E-state index contributed by atoms with van der Waals surface area (Å²) in [6.07, 6.45) is 4.76. The predicted molar refractivity (Wildman–Crippen MR) is 118 cm³/mol. The van der Waals surface area contributed by atoms with E-state index in [0.717, 1.165) is 36.0 Å². The third-order valence-electron chi connectivity index (χ3n) is 5.24. The summed E-state index contributed by atoms with van der Waals surface area (Å²) in [5.74, 6) is 5.00. The molecule has 30 heavy (non-hydrogen) atoms. The van der Waals surface area contributed by atoms with Crippen LogP contribution >= 0.6 is 0 Å². The summed E-state index contributed by atoms with van der Waals surface area (Å²) in [7, 11) is -3.83. The molecule has 2 aromatic carbocycles. The van der Waals surface area contributed by atoms with Crippen LogP contribution in [-0.2, 0) is 21.2 Å². The van der Waals surface area contributed by atoms with Gasteiger partial charge < -0.3 is 10.7 Å². The van der Waals surface area contributed by atoms with Crippen LogP contribution in [0.3, 0.4) is 0 Å². The number of aryl methyl sites for hydroxylation is 1. The summed E-state index contributed by atoms with van der Waals surface area (Å²) in [5.41, 5.74) is 2.66. The van der Waals surface area contributed by atoms with Gasteiger partial charge in [0.25, 0.3) is 0 Å².